The van der Waals surface area contributed by atoms with Crippen LogP contribution in [-0.2, 0) is 17.7 Å². The number of ether oxygens (including phenoxy) is 2. The number of benzene rings is 1. The predicted octanol–water partition coefficient (Wildman–Crippen LogP) is 5.68. The fourth-order valence-corrected chi connectivity index (χ4v) is 4.02. The van der Waals surface area contributed by atoms with Gasteiger partial charge in [-0.2, -0.15) is 8.78 Å². The number of hydrogen-bond acceptors (Lipinski definition) is 4. The van der Waals surface area contributed by atoms with Gasteiger partial charge in [0.1, 0.15) is 30.0 Å². The van der Waals surface area contributed by atoms with Crippen LogP contribution in [0.1, 0.15) is 29.1 Å². The number of imidazole rings is 1. The summed E-state index contributed by atoms with van der Waals surface area (Å²) in [6.45, 7) is 0.0236. The molecule has 0 radical (unpaired) electrons. The van der Waals surface area contributed by atoms with Crippen LogP contribution in [0.3, 0.4) is 0 Å². The predicted molar refractivity (Wildman–Crippen MR) is 111 cm³/mol. The molecule has 0 bridgehead atoms. The van der Waals surface area contributed by atoms with Crippen LogP contribution in [0.25, 0.3) is 22.6 Å². The van der Waals surface area contributed by atoms with E-state index in [9.17, 15) is 22.0 Å². The Labute approximate surface area is 187 Å². The third kappa shape index (κ3) is 4.85. The van der Waals surface area contributed by atoms with Crippen molar-refractivity contribution in [3.63, 3.8) is 0 Å². The van der Waals surface area contributed by atoms with Crippen molar-refractivity contribution in [2.45, 2.75) is 46.0 Å². The minimum Gasteiger partial charge on any atom is -0.435 e. The molecule has 33 heavy (non-hydrogen) atoms. The maximum Gasteiger partial charge on any atom is 0.387 e. The van der Waals surface area contributed by atoms with Crippen molar-refractivity contribution >= 4 is 0 Å². The Balaban J connectivity index is 1.87. The molecule has 0 saturated carbocycles. The smallest absolute Gasteiger partial charge is 0.387 e. The van der Waals surface area contributed by atoms with Gasteiger partial charge < -0.3 is 14.0 Å². The van der Waals surface area contributed by atoms with Crippen LogP contribution in [0.4, 0.5) is 22.0 Å². The first-order valence-corrected chi connectivity index (χ1v) is 10.4. The van der Waals surface area contributed by atoms with Gasteiger partial charge in [-0.05, 0) is 49.7 Å². The van der Waals surface area contributed by atoms with E-state index < -0.39 is 25.8 Å². The summed E-state index contributed by atoms with van der Waals surface area (Å²) in [5.41, 5.74) is 2.80. The molecular weight excluding hydrogens is 445 g/mol. The molecular formula is C23H22F5N3O2. The molecule has 0 fully saturated rings. The molecule has 0 saturated heterocycles. The molecule has 5 nitrogen and oxygen atoms in total. The molecule has 1 aliphatic heterocycles. The molecule has 0 aliphatic carbocycles. The molecule has 1 aliphatic rings. The van der Waals surface area contributed by atoms with E-state index in [-0.39, 0.29) is 24.6 Å². The molecule has 3 aromatic rings. The number of pyridine rings is 1. The average Bonchev–Trinajstić information content (AvgIpc) is 2.97. The third-order valence-corrected chi connectivity index (χ3v) is 5.44. The van der Waals surface area contributed by atoms with Crippen molar-refractivity contribution in [2.24, 2.45) is 0 Å². The highest BCUT2D eigenvalue weighted by molar-refractivity contribution is 5.70. The van der Waals surface area contributed by atoms with Crippen molar-refractivity contribution in [1.29, 1.82) is 0 Å². The number of aromatic nitrogens is 3. The lowest BCUT2D eigenvalue weighted by Gasteiger charge is -2.15. The lowest BCUT2D eigenvalue weighted by Crippen LogP contribution is -2.21. The van der Waals surface area contributed by atoms with Gasteiger partial charge in [-0.3, -0.25) is 4.98 Å². The number of nitrogens with zero attached hydrogens (tertiary/aromatic N) is 3. The topological polar surface area (TPSA) is 49.2 Å². The molecule has 1 aromatic carbocycles. The summed E-state index contributed by atoms with van der Waals surface area (Å²) in [6, 6.07) is 7.62. The molecule has 2 aromatic heterocycles. The van der Waals surface area contributed by atoms with E-state index in [1.165, 1.54) is 12.1 Å². The first-order valence-electron chi connectivity index (χ1n) is 10.4. The summed E-state index contributed by atoms with van der Waals surface area (Å²) in [5.74, 6) is 0.497. The largest absolute Gasteiger partial charge is 0.435 e. The van der Waals surface area contributed by atoms with Crippen molar-refractivity contribution in [3.8, 4) is 28.4 Å². The Morgan fingerprint density at radius 2 is 1.88 bits per heavy atom. The second-order valence-electron chi connectivity index (χ2n) is 7.82. The van der Waals surface area contributed by atoms with Gasteiger partial charge in [0.25, 0.3) is 6.43 Å². The van der Waals surface area contributed by atoms with Gasteiger partial charge in [0.05, 0.1) is 18.8 Å². The highest BCUT2D eigenvalue weighted by Crippen LogP contribution is 2.35. The van der Waals surface area contributed by atoms with E-state index in [2.05, 4.69) is 9.72 Å². The fraction of sp³-hybridized carbons (Fsp3) is 0.391. The first kappa shape index (κ1) is 23.2. The summed E-state index contributed by atoms with van der Waals surface area (Å²) in [5, 5.41) is 0. The summed E-state index contributed by atoms with van der Waals surface area (Å²) in [6.07, 6.45) is -3.03. The van der Waals surface area contributed by atoms with E-state index in [0.717, 1.165) is 5.69 Å². The molecule has 0 unspecified atom stereocenters. The maximum absolute atomic E-state index is 13.5. The quantitative estimate of drug-likeness (QED) is 0.438. The van der Waals surface area contributed by atoms with Gasteiger partial charge in [0.15, 0.2) is 0 Å². The summed E-state index contributed by atoms with van der Waals surface area (Å²) in [4.78, 5) is 8.63. The summed E-state index contributed by atoms with van der Waals surface area (Å²) >= 11 is 0. The highest BCUT2D eigenvalue weighted by atomic mass is 19.3. The molecule has 10 heteroatoms. The Kier molecular flexibility index (Phi) is 6.64. The Bertz CT molecular complexity index is 1150. The number of alkyl halides is 5. The van der Waals surface area contributed by atoms with Crippen molar-refractivity contribution in [2.75, 3.05) is 13.3 Å². The molecule has 1 atom stereocenters. The standard InChI is InChI=1S/C23H22F5N3O2/c1-12-7-14(3-4-19(12)33-23(27)28)22-30-20(15-8-13(2)29-17(9-15)21(25)26)18-5-6-32-16(10-24)11-31(18)22/h3-4,7-9,16,21,23H,5-6,10-11H2,1-2H3/t16-/m1/s1. The SMILES string of the molecule is Cc1cc(-c2nc(-c3ccc(OC(F)F)c(C)c3)n3c2CCO[C@H](CF)C3)cc(C(F)F)n1. The Morgan fingerprint density at radius 1 is 1.09 bits per heavy atom. The number of rotatable bonds is 6. The van der Waals surface area contributed by atoms with E-state index in [1.807, 2.05) is 4.57 Å². The van der Waals surface area contributed by atoms with Crippen LogP contribution in [0.2, 0.25) is 0 Å². The van der Waals surface area contributed by atoms with Crippen LogP contribution in [0, 0.1) is 13.8 Å². The highest BCUT2D eigenvalue weighted by Gasteiger charge is 2.26. The number of fused-ring (bicyclic) bond motifs is 1. The zero-order valence-corrected chi connectivity index (χ0v) is 18.0. The van der Waals surface area contributed by atoms with Gasteiger partial charge in [0, 0.05) is 28.9 Å². The molecule has 0 spiro atoms. The monoisotopic (exact) mass is 467 g/mol. The lowest BCUT2D eigenvalue weighted by atomic mass is 10.1. The number of halogens is 5. The fourth-order valence-electron chi connectivity index (χ4n) is 4.02. The van der Waals surface area contributed by atoms with E-state index in [1.54, 1.807) is 32.0 Å². The molecule has 176 valence electrons. The van der Waals surface area contributed by atoms with Crippen molar-refractivity contribution in [3.05, 3.63) is 53.0 Å². The van der Waals surface area contributed by atoms with E-state index in [0.29, 0.717) is 40.3 Å². The van der Waals surface area contributed by atoms with Crippen molar-refractivity contribution in [1.82, 2.24) is 14.5 Å². The van der Waals surface area contributed by atoms with Gasteiger partial charge in [0.2, 0.25) is 0 Å². The molecule has 0 amide bonds. The van der Waals surface area contributed by atoms with Crippen LogP contribution in [0.15, 0.2) is 30.3 Å². The maximum atomic E-state index is 13.5. The van der Waals surface area contributed by atoms with Crippen LogP contribution in [0.5, 0.6) is 5.75 Å². The first-order chi connectivity index (χ1) is 15.8. The Hall–Kier alpha value is -3.01. The van der Waals surface area contributed by atoms with Crippen molar-refractivity contribution < 1.29 is 31.4 Å². The molecule has 0 N–H and O–H groups in total. The van der Waals surface area contributed by atoms with Crippen LogP contribution < -0.4 is 4.74 Å². The normalized spacial score (nSPS) is 16.2. The molecule has 3 heterocycles. The summed E-state index contributed by atoms with van der Waals surface area (Å²) in [7, 11) is 0. The van der Waals surface area contributed by atoms with Crippen LogP contribution in [-0.4, -0.2) is 40.5 Å². The zero-order chi connectivity index (χ0) is 23.7. The van der Waals surface area contributed by atoms with Crippen LogP contribution >= 0.6 is 0 Å². The lowest BCUT2D eigenvalue weighted by molar-refractivity contribution is -0.0502. The molecule has 4 rings (SSSR count). The minimum absolute atomic E-state index is 0.0351. The van der Waals surface area contributed by atoms with E-state index in [4.69, 9.17) is 9.72 Å². The zero-order valence-electron chi connectivity index (χ0n) is 18.0. The summed E-state index contributed by atoms with van der Waals surface area (Å²) < 4.78 is 77.5. The number of hydrogen-bond donors (Lipinski definition) is 0. The second kappa shape index (κ2) is 9.46. The van der Waals surface area contributed by atoms with Gasteiger partial charge in [-0.25, -0.2) is 18.2 Å². The van der Waals surface area contributed by atoms with Gasteiger partial charge >= 0.3 is 6.61 Å². The minimum atomic E-state index is -2.95. The average molecular weight is 467 g/mol. The van der Waals surface area contributed by atoms with E-state index >= 15 is 0 Å². The van der Waals surface area contributed by atoms with Gasteiger partial charge in [-0.15, -0.1) is 0 Å². The second-order valence-corrected chi connectivity index (χ2v) is 7.82. The Morgan fingerprint density at radius 3 is 2.55 bits per heavy atom. The number of aryl methyl sites for hydroxylation is 2. The van der Waals surface area contributed by atoms with Gasteiger partial charge in [-0.1, -0.05) is 0 Å². The third-order valence-electron chi connectivity index (χ3n) is 5.44.